The Bertz CT molecular complexity index is 175. The van der Waals surface area contributed by atoms with E-state index in [0.29, 0.717) is 0 Å². The third kappa shape index (κ3) is 2.65. The molecule has 1 aliphatic rings. The fourth-order valence-electron chi connectivity index (χ4n) is 1.22. The number of hydrogen-bond donors (Lipinski definition) is 3. The van der Waals surface area contributed by atoms with Crippen LogP contribution in [0, 0.1) is 0 Å². The van der Waals surface area contributed by atoms with E-state index in [-0.39, 0.29) is 12.7 Å². The van der Waals surface area contributed by atoms with E-state index in [0.717, 1.165) is 6.42 Å². The van der Waals surface area contributed by atoms with E-state index < -0.39 is 24.6 Å². The molecule has 5 nitrogen and oxygen atoms in total. The van der Waals surface area contributed by atoms with Gasteiger partial charge in [-0.1, -0.05) is 6.92 Å². The summed E-state index contributed by atoms with van der Waals surface area (Å²) in [6.07, 6.45) is -3.52. The Labute approximate surface area is 83.3 Å². The van der Waals surface area contributed by atoms with E-state index in [1.165, 1.54) is 0 Å². The van der Waals surface area contributed by atoms with Crippen molar-refractivity contribution in [1.29, 1.82) is 0 Å². The van der Waals surface area contributed by atoms with Crippen LogP contribution in [0.3, 0.4) is 0 Å². The van der Waals surface area contributed by atoms with E-state index >= 15 is 0 Å². The lowest BCUT2D eigenvalue weighted by Gasteiger charge is -2.36. The predicted molar refractivity (Wildman–Crippen MR) is 48.6 cm³/mol. The maximum atomic E-state index is 9.49. The number of rotatable bonds is 3. The molecular formula is C9H18O5. The zero-order valence-electron chi connectivity index (χ0n) is 8.46. The molecule has 0 aromatic carbocycles. The van der Waals surface area contributed by atoms with Crippen LogP contribution in [0.5, 0.6) is 0 Å². The fraction of sp³-hybridized carbons (Fsp3) is 1.00. The largest absolute Gasteiger partial charge is 0.388 e. The van der Waals surface area contributed by atoms with Gasteiger partial charge in [0.05, 0.1) is 12.7 Å². The second-order valence-corrected chi connectivity index (χ2v) is 3.61. The van der Waals surface area contributed by atoms with E-state index in [1.54, 1.807) is 0 Å². The van der Waals surface area contributed by atoms with Crippen molar-refractivity contribution in [3.63, 3.8) is 0 Å². The zero-order chi connectivity index (χ0) is 10.7. The molecule has 0 spiro atoms. The molecule has 0 bridgehead atoms. The van der Waals surface area contributed by atoms with Crippen LogP contribution in [-0.2, 0) is 9.47 Å². The van der Waals surface area contributed by atoms with Crippen LogP contribution in [0.15, 0.2) is 0 Å². The quantitative estimate of drug-likeness (QED) is 0.565. The molecule has 0 saturated carbocycles. The van der Waals surface area contributed by atoms with Crippen LogP contribution < -0.4 is 0 Å². The first-order valence-corrected chi connectivity index (χ1v) is 4.87. The molecule has 84 valence electrons. The van der Waals surface area contributed by atoms with Gasteiger partial charge in [-0.2, -0.15) is 0 Å². The SMILES string of the molecule is CCC(C)O[C@H]1OC[C@@H](O)[C@H](O)C1O. The molecule has 3 N–H and O–H groups in total. The summed E-state index contributed by atoms with van der Waals surface area (Å²) in [4.78, 5) is 0. The normalized spacial score (nSPS) is 40.9. The molecular weight excluding hydrogens is 188 g/mol. The Kier molecular flexibility index (Phi) is 4.28. The standard InChI is InChI=1S/C9H18O5/c1-3-5(2)14-9-8(12)7(11)6(10)4-13-9/h5-12H,3-4H2,1-2H3/t5?,6-,7+,8?,9-/m1/s1. The van der Waals surface area contributed by atoms with E-state index in [1.807, 2.05) is 13.8 Å². The first-order valence-electron chi connectivity index (χ1n) is 4.87. The lowest BCUT2D eigenvalue weighted by atomic mass is 10.1. The lowest BCUT2D eigenvalue weighted by Crippen LogP contribution is -2.54. The molecule has 1 fully saturated rings. The van der Waals surface area contributed by atoms with Gasteiger partial charge < -0.3 is 24.8 Å². The zero-order valence-corrected chi connectivity index (χ0v) is 8.46. The number of ether oxygens (including phenoxy) is 2. The summed E-state index contributed by atoms with van der Waals surface area (Å²) < 4.78 is 10.4. The van der Waals surface area contributed by atoms with Gasteiger partial charge in [0.1, 0.15) is 18.3 Å². The van der Waals surface area contributed by atoms with Crippen LogP contribution in [0.1, 0.15) is 20.3 Å². The summed E-state index contributed by atoms with van der Waals surface area (Å²) in [6.45, 7) is 3.79. The molecule has 1 aliphatic heterocycles. The van der Waals surface area contributed by atoms with E-state index in [9.17, 15) is 10.2 Å². The van der Waals surface area contributed by atoms with Crippen LogP contribution in [0.25, 0.3) is 0 Å². The Hall–Kier alpha value is -0.200. The van der Waals surface area contributed by atoms with Gasteiger partial charge in [0.2, 0.25) is 0 Å². The highest BCUT2D eigenvalue weighted by molar-refractivity contribution is 4.82. The lowest BCUT2D eigenvalue weighted by molar-refractivity contribution is -0.280. The third-order valence-corrected chi connectivity index (χ3v) is 2.40. The Morgan fingerprint density at radius 1 is 1.36 bits per heavy atom. The van der Waals surface area contributed by atoms with E-state index in [2.05, 4.69) is 0 Å². The molecule has 14 heavy (non-hydrogen) atoms. The molecule has 0 aromatic rings. The van der Waals surface area contributed by atoms with Crippen molar-refractivity contribution in [2.24, 2.45) is 0 Å². The summed E-state index contributed by atoms with van der Waals surface area (Å²) in [6, 6.07) is 0. The van der Waals surface area contributed by atoms with Crippen molar-refractivity contribution in [3.05, 3.63) is 0 Å². The number of aliphatic hydroxyl groups excluding tert-OH is 3. The van der Waals surface area contributed by atoms with Crippen LogP contribution >= 0.6 is 0 Å². The van der Waals surface area contributed by atoms with Crippen LogP contribution in [-0.4, -0.2) is 52.6 Å². The molecule has 0 aromatic heterocycles. The van der Waals surface area contributed by atoms with Gasteiger partial charge >= 0.3 is 0 Å². The van der Waals surface area contributed by atoms with Crippen molar-refractivity contribution in [2.45, 2.75) is 51.0 Å². The van der Waals surface area contributed by atoms with Gasteiger partial charge in [0.25, 0.3) is 0 Å². The summed E-state index contributed by atoms with van der Waals surface area (Å²) in [5.74, 6) is 0. The second kappa shape index (κ2) is 5.04. The molecule has 1 heterocycles. The third-order valence-electron chi connectivity index (χ3n) is 2.40. The van der Waals surface area contributed by atoms with Crippen molar-refractivity contribution < 1.29 is 24.8 Å². The minimum Gasteiger partial charge on any atom is -0.388 e. The molecule has 2 unspecified atom stereocenters. The second-order valence-electron chi connectivity index (χ2n) is 3.61. The van der Waals surface area contributed by atoms with Gasteiger partial charge in [0.15, 0.2) is 6.29 Å². The minimum absolute atomic E-state index is 0.0146. The molecule has 0 aliphatic carbocycles. The van der Waals surface area contributed by atoms with Crippen molar-refractivity contribution in [2.75, 3.05) is 6.61 Å². The first-order chi connectivity index (χ1) is 6.56. The fourth-order valence-corrected chi connectivity index (χ4v) is 1.22. The monoisotopic (exact) mass is 206 g/mol. The predicted octanol–water partition coefficient (Wildman–Crippen LogP) is -0.760. The van der Waals surface area contributed by atoms with Crippen LogP contribution in [0.4, 0.5) is 0 Å². The summed E-state index contributed by atoms with van der Waals surface area (Å²) in [5, 5.41) is 28.0. The van der Waals surface area contributed by atoms with Gasteiger partial charge in [-0.05, 0) is 13.3 Å². The molecule has 1 saturated heterocycles. The average molecular weight is 206 g/mol. The Balaban J connectivity index is 2.46. The Morgan fingerprint density at radius 2 is 2.00 bits per heavy atom. The van der Waals surface area contributed by atoms with Crippen molar-refractivity contribution in [1.82, 2.24) is 0 Å². The van der Waals surface area contributed by atoms with E-state index in [4.69, 9.17) is 14.6 Å². The molecule has 1 rings (SSSR count). The van der Waals surface area contributed by atoms with Crippen molar-refractivity contribution in [3.8, 4) is 0 Å². The highest BCUT2D eigenvalue weighted by Crippen LogP contribution is 2.18. The van der Waals surface area contributed by atoms with Gasteiger partial charge in [0, 0.05) is 0 Å². The van der Waals surface area contributed by atoms with Gasteiger partial charge in [-0.25, -0.2) is 0 Å². The topological polar surface area (TPSA) is 79.2 Å². The van der Waals surface area contributed by atoms with Crippen LogP contribution in [0.2, 0.25) is 0 Å². The maximum Gasteiger partial charge on any atom is 0.186 e. The van der Waals surface area contributed by atoms with Gasteiger partial charge in [-0.3, -0.25) is 0 Å². The molecule has 5 atom stereocenters. The highest BCUT2D eigenvalue weighted by atomic mass is 16.7. The summed E-state index contributed by atoms with van der Waals surface area (Å²) >= 11 is 0. The maximum absolute atomic E-state index is 9.49. The number of hydrogen-bond acceptors (Lipinski definition) is 5. The average Bonchev–Trinajstić information content (AvgIpc) is 2.19. The number of aliphatic hydroxyl groups is 3. The highest BCUT2D eigenvalue weighted by Gasteiger charge is 2.38. The first kappa shape index (κ1) is 11.9. The van der Waals surface area contributed by atoms with Gasteiger partial charge in [-0.15, -0.1) is 0 Å². The summed E-state index contributed by atoms with van der Waals surface area (Å²) in [7, 11) is 0. The van der Waals surface area contributed by atoms with Crippen molar-refractivity contribution >= 4 is 0 Å². The Morgan fingerprint density at radius 3 is 2.57 bits per heavy atom. The molecule has 0 amide bonds. The molecule has 0 radical (unpaired) electrons. The summed E-state index contributed by atoms with van der Waals surface area (Å²) in [5.41, 5.74) is 0. The molecule has 5 heteroatoms. The smallest absolute Gasteiger partial charge is 0.186 e. The minimum atomic E-state index is -1.20.